The Morgan fingerprint density at radius 3 is 2.80 bits per heavy atom. The fourth-order valence-electron chi connectivity index (χ4n) is 3.34. The number of pyridine rings is 1. The summed E-state index contributed by atoms with van der Waals surface area (Å²) in [6.45, 7) is 0.316. The standard InChI is InChI=1S/C21H19F3N4O2/c1-12(18-9-27-19(10-26-18)30-11-21(22,23)24)28-20(29)16-8-15(16)14-5-4-13-3-2-6-25-17(13)7-14/h2-7,9-10,12,15-16H,8,11H2,1H3,(H,28,29)/t12?,15-,16+/m0/s1. The van der Waals surface area contributed by atoms with Gasteiger partial charge in [0, 0.05) is 17.5 Å². The largest absolute Gasteiger partial charge is 0.467 e. The van der Waals surface area contributed by atoms with E-state index in [1.165, 1.54) is 6.20 Å². The fraction of sp³-hybridized carbons (Fsp3) is 0.333. The minimum atomic E-state index is -4.44. The molecule has 1 aliphatic rings. The van der Waals surface area contributed by atoms with Crippen LogP contribution < -0.4 is 10.1 Å². The summed E-state index contributed by atoms with van der Waals surface area (Å²) < 4.78 is 41.1. The summed E-state index contributed by atoms with van der Waals surface area (Å²) in [5.74, 6) is -0.293. The minimum absolute atomic E-state index is 0.0900. The van der Waals surface area contributed by atoms with Crippen LogP contribution in [-0.2, 0) is 4.79 Å². The second-order valence-corrected chi connectivity index (χ2v) is 7.32. The van der Waals surface area contributed by atoms with Crippen molar-refractivity contribution in [2.75, 3.05) is 6.61 Å². The van der Waals surface area contributed by atoms with Gasteiger partial charge in [0.15, 0.2) is 6.61 Å². The highest BCUT2D eigenvalue weighted by atomic mass is 19.4. The van der Waals surface area contributed by atoms with Crippen LogP contribution in [0.4, 0.5) is 13.2 Å². The second-order valence-electron chi connectivity index (χ2n) is 7.32. The van der Waals surface area contributed by atoms with Crippen molar-refractivity contribution >= 4 is 16.8 Å². The maximum absolute atomic E-state index is 12.6. The van der Waals surface area contributed by atoms with Crippen LogP contribution in [-0.4, -0.2) is 33.6 Å². The Balaban J connectivity index is 1.33. The van der Waals surface area contributed by atoms with Gasteiger partial charge in [0.1, 0.15) is 0 Å². The number of fused-ring (bicyclic) bond motifs is 1. The summed E-state index contributed by atoms with van der Waals surface area (Å²) >= 11 is 0. The summed E-state index contributed by atoms with van der Waals surface area (Å²) in [5, 5.41) is 3.95. The molecular formula is C21H19F3N4O2. The molecule has 0 bridgehead atoms. The lowest BCUT2D eigenvalue weighted by molar-refractivity contribution is -0.154. The number of ether oxygens (including phenoxy) is 1. The highest BCUT2D eigenvalue weighted by Crippen LogP contribution is 2.48. The van der Waals surface area contributed by atoms with E-state index in [0.717, 1.165) is 29.1 Å². The fourth-order valence-corrected chi connectivity index (χ4v) is 3.34. The molecule has 1 aromatic carbocycles. The van der Waals surface area contributed by atoms with E-state index < -0.39 is 18.8 Å². The normalized spacial score (nSPS) is 19.3. The van der Waals surface area contributed by atoms with Gasteiger partial charge < -0.3 is 10.1 Å². The number of carbonyl (C=O) groups excluding carboxylic acids is 1. The van der Waals surface area contributed by atoms with E-state index in [1.54, 1.807) is 13.1 Å². The van der Waals surface area contributed by atoms with Gasteiger partial charge in [0.05, 0.1) is 29.6 Å². The molecule has 1 fully saturated rings. The molecule has 0 aliphatic heterocycles. The summed E-state index contributed by atoms with van der Waals surface area (Å²) in [7, 11) is 0. The molecule has 1 amide bonds. The van der Waals surface area contributed by atoms with Gasteiger partial charge in [-0.2, -0.15) is 13.2 Å². The van der Waals surface area contributed by atoms with Crippen molar-refractivity contribution in [3.8, 4) is 5.88 Å². The lowest BCUT2D eigenvalue weighted by Gasteiger charge is -2.14. The maximum atomic E-state index is 12.6. The van der Waals surface area contributed by atoms with E-state index in [2.05, 4.69) is 25.0 Å². The third-order valence-corrected chi connectivity index (χ3v) is 5.02. The first-order valence-corrected chi connectivity index (χ1v) is 9.47. The molecule has 3 atom stereocenters. The zero-order chi connectivity index (χ0) is 21.3. The van der Waals surface area contributed by atoms with Crippen molar-refractivity contribution in [2.45, 2.75) is 31.5 Å². The molecule has 9 heteroatoms. The smallest absolute Gasteiger partial charge is 0.422 e. The number of hydrogen-bond donors (Lipinski definition) is 1. The number of nitrogens with zero attached hydrogens (tertiary/aromatic N) is 3. The Bertz CT molecular complexity index is 1060. The Morgan fingerprint density at radius 2 is 2.07 bits per heavy atom. The molecular weight excluding hydrogens is 397 g/mol. The van der Waals surface area contributed by atoms with Crippen molar-refractivity contribution in [3.05, 3.63) is 60.2 Å². The molecule has 6 nitrogen and oxygen atoms in total. The predicted molar refractivity (Wildman–Crippen MR) is 103 cm³/mol. The van der Waals surface area contributed by atoms with Crippen molar-refractivity contribution in [1.82, 2.24) is 20.3 Å². The number of amides is 1. The van der Waals surface area contributed by atoms with Gasteiger partial charge in [0.25, 0.3) is 0 Å². The van der Waals surface area contributed by atoms with E-state index >= 15 is 0 Å². The first-order chi connectivity index (χ1) is 14.3. The van der Waals surface area contributed by atoms with E-state index in [1.807, 2.05) is 30.3 Å². The summed E-state index contributed by atoms with van der Waals surface area (Å²) in [6, 6.07) is 9.49. The summed E-state index contributed by atoms with van der Waals surface area (Å²) in [4.78, 5) is 24.8. The number of benzene rings is 1. The SMILES string of the molecule is CC(NC(=O)[C@@H]1C[C@H]1c1ccc2cccnc2c1)c1cnc(OCC(F)(F)F)cn1. The Kier molecular flexibility index (Phi) is 5.27. The Hall–Kier alpha value is -3.23. The zero-order valence-electron chi connectivity index (χ0n) is 16.1. The number of halogens is 3. The van der Waals surface area contributed by atoms with Gasteiger partial charge in [-0.15, -0.1) is 0 Å². The Morgan fingerprint density at radius 1 is 1.23 bits per heavy atom. The van der Waals surface area contributed by atoms with Crippen LogP contribution in [0.25, 0.3) is 10.9 Å². The molecule has 2 heterocycles. The molecule has 0 saturated heterocycles. The average Bonchev–Trinajstić information content (AvgIpc) is 3.53. The lowest BCUT2D eigenvalue weighted by atomic mass is 10.1. The van der Waals surface area contributed by atoms with Gasteiger partial charge in [-0.3, -0.25) is 14.8 Å². The molecule has 2 aromatic heterocycles. The zero-order valence-corrected chi connectivity index (χ0v) is 16.1. The van der Waals surface area contributed by atoms with Gasteiger partial charge in [-0.25, -0.2) is 4.98 Å². The van der Waals surface area contributed by atoms with Gasteiger partial charge in [-0.05, 0) is 37.0 Å². The molecule has 4 rings (SSSR count). The van der Waals surface area contributed by atoms with E-state index in [0.29, 0.717) is 5.69 Å². The summed E-state index contributed by atoms with van der Waals surface area (Å²) in [5.41, 5.74) is 2.42. The van der Waals surface area contributed by atoms with Crippen molar-refractivity contribution in [2.24, 2.45) is 5.92 Å². The van der Waals surface area contributed by atoms with Crippen molar-refractivity contribution in [1.29, 1.82) is 0 Å². The first kappa shape index (κ1) is 20.1. The number of hydrogen-bond acceptors (Lipinski definition) is 5. The molecule has 1 N–H and O–H groups in total. The topological polar surface area (TPSA) is 77.0 Å². The summed E-state index contributed by atoms with van der Waals surface area (Å²) in [6.07, 6.45) is 0.476. The lowest BCUT2D eigenvalue weighted by Crippen LogP contribution is -2.29. The van der Waals surface area contributed by atoms with Gasteiger partial charge in [0.2, 0.25) is 11.8 Å². The molecule has 3 aromatic rings. The average molecular weight is 416 g/mol. The number of rotatable bonds is 6. The van der Waals surface area contributed by atoms with Gasteiger partial charge in [-0.1, -0.05) is 18.2 Å². The second kappa shape index (κ2) is 7.89. The van der Waals surface area contributed by atoms with Crippen LogP contribution in [0.3, 0.4) is 0 Å². The molecule has 156 valence electrons. The highest BCUT2D eigenvalue weighted by Gasteiger charge is 2.44. The van der Waals surface area contributed by atoms with Crippen molar-refractivity contribution in [3.63, 3.8) is 0 Å². The van der Waals surface area contributed by atoms with Crippen LogP contribution in [0.2, 0.25) is 0 Å². The van der Waals surface area contributed by atoms with Crippen LogP contribution in [0.5, 0.6) is 5.88 Å². The molecule has 1 unspecified atom stereocenters. The Labute approximate surface area is 170 Å². The van der Waals surface area contributed by atoms with Crippen LogP contribution in [0.1, 0.15) is 36.6 Å². The number of aromatic nitrogens is 3. The van der Waals surface area contributed by atoms with Gasteiger partial charge >= 0.3 is 6.18 Å². The molecule has 1 aliphatic carbocycles. The minimum Gasteiger partial charge on any atom is -0.467 e. The third-order valence-electron chi connectivity index (χ3n) is 5.02. The highest BCUT2D eigenvalue weighted by molar-refractivity contribution is 5.84. The predicted octanol–water partition coefficient (Wildman–Crippen LogP) is 3.95. The molecule has 30 heavy (non-hydrogen) atoms. The number of carbonyl (C=O) groups is 1. The molecule has 1 saturated carbocycles. The van der Waals surface area contributed by atoms with E-state index in [-0.39, 0.29) is 23.6 Å². The van der Waals surface area contributed by atoms with Crippen molar-refractivity contribution < 1.29 is 22.7 Å². The van der Waals surface area contributed by atoms with E-state index in [4.69, 9.17) is 0 Å². The first-order valence-electron chi connectivity index (χ1n) is 9.47. The van der Waals surface area contributed by atoms with E-state index in [9.17, 15) is 18.0 Å². The number of nitrogens with one attached hydrogen (secondary N) is 1. The van der Waals surface area contributed by atoms with Crippen LogP contribution in [0, 0.1) is 5.92 Å². The monoisotopic (exact) mass is 416 g/mol. The van der Waals surface area contributed by atoms with Crippen LogP contribution >= 0.6 is 0 Å². The quantitative estimate of drug-likeness (QED) is 0.659. The van der Waals surface area contributed by atoms with Crippen LogP contribution in [0.15, 0.2) is 48.9 Å². The number of alkyl halides is 3. The third kappa shape index (κ3) is 4.67. The molecule has 0 radical (unpaired) electrons. The molecule has 0 spiro atoms. The maximum Gasteiger partial charge on any atom is 0.422 e.